The monoisotopic (exact) mass is 289 g/mol. The molecule has 0 spiro atoms. The van der Waals surface area contributed by atoms with Gasteiger partial charge in [-0.25, -0.2) is 0 Å². The van der Waals surface area contributed by atoms with E-state index in [-0.39, 0.29) is 0 Å². The highest BCUT2D eigenvalue weighted by Gasteiger charge is 2.17. The first kappa shape index (κ1) is 14.0. The number of carbonyl (C=O) groups is 1. The second-order valence-corrected chi connectivity index (χ2v) is 5.72. The first-order chi connectivity index (χ1) is 7.74. The molecule has 0 aromatic carbocycles. The van der Waals surface area contributed by atoms with Gasteiger partial charge >= 0.3 is 0 Å². The molecule has 1 fully saturated rings. The quantitative estimate of drug-likeness (QED) is 0.541. The molecular weight excluding hydrogens is 266 g/mol. The van der Waals surface area contributed by atoms with Gasteiger partial charge in [0.1, 0.15) is 0 Å². The molecule has 1 aliphatic rings. The molecule has 2 nitrogen and oxygen atoms in total. The predicted octanol–water partition coefficient (Wildman–Crippen LogP) is 3.59. The molecule has 1 rings (SSSR count). The Morgan fingerprint density at radius 2 is 1.94 bits per heavy atom. The fraction of sp³-hybridized carbons (Fsp3) is 0.923. The SMILES string of the molecule is CN(CC1CCCCC1)C(=O)CCCCBr. The van der Waals surface area contributed by atoms with Crippen LogP contribution in [0.25, 0.3) is 0 Å². The molecule has 94 valence electrons. The van der Waals surface area contributed by atoms with E-state index >= 15 is 0 Å². The Bertz CT molecular complexity index is 202. The highest BCUT2D eigenvalue weighted by molar-refractivity contribution is 9.09. The highest BCUT2D eigenvalue weighted by atomic mass is 79.9. The van der Waals surface area contributed by atoms with E-state index in [9.17, 15) is 4.79 Å². The van der Waals surface area contributed by atoms with Gasteiger partial charge in [-0.1, -0.05) is 35.2 Å². The van der Waals surface area contributed by atoms with Gasteiger partial charge < -0.3 is 4.90 Å². The van der Waals surface area contributed by atoms with E-state index in [0.29, 0.717) is 5.91 Å². The first-order valence-corrected chi connectivity index (χ1v) is 7.66. The summed E-state index contributed by atoms with van der Waals surface area (Å²) >= 11 is 3.39. The summed E-state index contributed by atoms with van der Waals surface area (Å²) < 4.78 is 0. The summed E-state index contributed by atoms with van der Waals surface area (Å²) in [4.78, 5) is 13.8. The van der Waals surface area contributed by atoms with Gasteiger partial charge in [-0.2, -0.15) is 0 Å². The average molecular weight is 290 g/mol. The lowest BCUT2D eigenvalue weighted by Gasteiger charge is -2.27. The molecule has 0 heterocycles. The zero-order valence-corrected chi connectivity index (χ0v) is 12.0. The molecule has 0 aromatic heterocycles. The zero-order valence-electron chi connectivity index (χ0n) is 10.4. The minimum Gasteiger partial charge on any atom is -0.345 e. The van der Waals surface area contributed by atoms with Crippen molar-refractivity contribution in [1.29, 1.82) is 0 Å². The molecule has 0 unspecified atom stereocenters. The van der Waals surface area contributed by atoms with E-state index in [0.717, 1.165) is 37.1 Å². The van der Waals surface area contributed by atoms with Crippen LogP contribution in [0.3, 0.4) is 0 Å². The first-order valence-electron chi connectivity index (χ1n) is 6.54. The zero-order chi connectivity index (χ0) is 11.8. The van der Waals surface area contributed by atoms with Gasteiger partial charge in [-0.3, -0.25) is 4.79 Å². The summed E-state index contributed by atoms with van der Waals surface area (Å²) in [6.07, 6.45) is 9.57. The van der Waals surface area contributed by atoms with Crippen molar-refractivity contribution in [2.24, 2.45) is 5.92 Å². The standard InChI is InChI=1S/C13H24BrNO/c1-15(13(16)9-5-6-10-14)11-12-7-3-2-4-8-12/h12H,2-11H2,1H3. The van der Waals surface area contributed by atoms with Crippen molar-refractivity contribution >= 4 is 21.8 Å². The lowest BCUT2D eigenvalue weighted by molar-refractivity contribution is -0.130. The van der Waals surface area contributed by atoms with Crippen molar-refractivity contribution in [2.75, 3.05) is 18.9 Å². The van der Waals surface area contributed by atoms with Crippen LogP contribution >= 0.6 is 15.9 Å². The van der Waals surface area contributed by atoms with Gasteiger partial charge in [0, 0.05) is 25.3 Å². The number of unbranched alkanes of at least 4 members (excludes halogenated alkanes) is 1. The molecule has 0 atom stereocenters. The third kappa shape index (κ3) is 5.33. The van der Waals surface area contributed by atoms with E-state index in [1.54, 1.807) is 0 Å². The molecule has 1 saturated carbocycles. The van der Waals surface area contributed by atoms with E-state index < -0.39 is 0 Å². The summed E-state index contributed by atoms with van der Waals surface area (Å²) in [7, 11) is 1.96. The molecule has 1 aliphatic carbocycles. The minimum absolute atomic E-state index is 0.325. The normalized spacial score (nSPS) is 17.4. The van der Waals surface area contributed by atoms with Crippen LogP contribution in [0.1, 0.15) is 51.4 Å². The molecule has 0 bridgehead atoms. The van der Waals surface area contributed by atoms with Crippen molar-refractivity contribution in [3.8, 4) is 0 Å². The van der Waals surface area contributed by atoms with E-state index in [1.165, 1.54) is 32.1 Å². The average Bonchev–Trinajstić information content (AvgIpc) is 2.30. The Morgan fingerprint density at radius 1 is 1.25 bits per heavy atom. The molecular formula is C13H24BrNO. The number of halogens is 1. The van der Waals surface area contributed by atoms with E-state index in [1.807, 2.05) is 11.9 Å². The van der Waals surface area contributed by atoms with Crippen LogP contribution in [0, 0.1) is 5.92 Å². The molecule has 0 N–H and O–H groups in total. The number of nitrogens with zero attached hydrogens (tertiary/aromatic N) is 1. The maximum atomic E-state index is 11.8. The Labute approximate surface area is 108 Å². The lowest BCUT2D eigenvalue weighted by Crippen LogP contribution is -2.32. The molecule has 16 heavy (non-hydrogen) atoms. The molecule has 1 amide bonds. The maximum Gasteiger partial charge on any atom is 0.222 e. The van der Waals surface area contributed by atoms with Crippen molar-refractivity contribution in [3.63, 3.8) is 0 Å². The van der Waals surface area contributed by atoms with Crippen LogP contribution in [-0.4, -0.2) is 29.7 Å². The third-order valence-electron chi connectivity index (χ3n) is 3.46. The van der Waals surface area contributed by atoms with Crippen molar-refractivity contribution in [3.05, 3.63) is 0 Å². The number of rotatable bonds is 6. The van der Waals surface area contributed by atoms with Crippen LogP contribution in [0.2, 0.25) is 0 Å². The van der Waals surface area contributed by atoms with Crippen molar-refractivity contribution in [1.82, 2.24) is 4.90 Å². The fourth-order valence-electron chi connectivity index (χ4n) is 2.42. The number of hydrogen-bond acceptors (Lipinski definition) is 1. The van der Waals surface area contributed by atoms with Crippen LogP contribution in [0.15, 0.2) is 0 Å². The number of amides is 1. The summed E-state index contributed by atoms with van der Waals surface area (Å²) in [6, 6.07) is 0. The summed E-state index contributed by atoms with van der Waals surface area (Å²) in [5, 5.41) is 1.01. The van der Waals surface area contributed by atoms with E-state index in [2.05, 4.69) is 15.9 Å². The fourth-order valence-corrected chi connectivity index (χ4v) is 2.82. The highest BCUT2D eigenvalue weighted by Crippen LogP contribution is 2.24. The molecule has 3 heteroatoms. The topological polar surface area (TPSA) is 20.3 Å². The second-order valence-electron chi connectivity index (χ2n) is 4.92. The number of hydrogen-bond donors (Lipinski definition) is 0. The Balaban J connectivity index is 2.16. The number of carbonyl (C=O) groups excluding carboxylic acids is 1. The summed E-state index contributed by atoms with van der Waals surface area (Å²) in [5.41, 5.74) is 0. The molecule has 0 saturated heterocycles. The predicted molar refractivity (Wildman–Crippen MR) is 71.9 cm³/mol. The van der Waals surface area contributed by atoms with Crippen molar-refractivity contribution in [2.45, 2.75) is 51.4 Å². The largest absolute Gasteiger partial charge is 0.345 e. The van der Waals surface area contributed by atoms with Gasteiger partial charge in [0.05, 0.1) is 0 Å². The van der Waals surface area contributed by atoms with Crippen molar-refractivity contribution < 1.29 is 4.79 Å². The minimum atomic E-state index is 0.325. The third-order valence-corrected chi connectivity index (χ3v) is 4.02. The number of alkyl halides is 1. The van der Waals surface area contributed by atoms with Gasteiger partial charge in [0.25, 0.3) is 0 Å². The van der Waals surface area contributed by atoms with E-state index in [4.69, 9.17) is 0 Å². The van der Waals surface area contributed by atoms with Gasteiger partial charge in [-0.15, -0.1) is 0 Å². The molecule has 0 aromatic rings. The lowest BCUT2D eigenvalue weighted by atomic mass is 9.89. The summed E-state index contributed by atoms with van der Waals surface area (Å²) in [5.74, 6) is 1.09. The smallest absolute Gasteiger partial charge is 0.222 e. The molecule has 0 radical (unpaired) electrons. The second kappa shape index (κ2) is 8.10. The van der Waals surface area contributed by atoms with Crippen LogP contribution in [0.5, 0.6) is 0 Å². The Hall–Kier alpha value is -0.0500. The van der Waals surface area contributed by atoms with Gasteiger partial charge in [0.2, 0.25) is 5.91 Å². The molecule has 0 aliphatic heterocycles. The van der Waals surface area contributed by atoms with Gasteiger partial charge in [0.15, 0.2) is 0 Å². The van der Waals surface area contributed by atoms with Crippen LogP contribution < -0.4 is 0 Å². The maximum absolute atomic E-state index is 11.8. The van der Waals surface area contributed by atoms with Crippen LogP contribution in [-0.2, 0) is 4.79 Å². The Kier molecular flexibility index (Phi) is 7.10. The van der Waals surface area contributed by atoms with Gasteiger partial charge in [-0.05, 0) is 31.6 Å². The Morgan fingerprint density at radius 3 is 2.56 bits per heavy atom. The summed E-state index contributed by atoms with van der Waals surface area (Å²) in [6.45, 7) is 0.979. The van der Waals surface area contributed by atoms with Crippen LogP contribution in [0.4, 0.5) is 0 Å².